The Morgan fingerprint density at radius 1 is 1.54 bits per heavy atom. The minimum absolute atomic E-state index is 0.00366. The third-order valence-electron chi connectivity index (χ3n) is 2.07. The van der Waals surface area contributed by atoms with Crippen LogP contribution in [-0.4, -0.2) is 19.7 Å². The van der Waals surface area contributed by atoms with Gasteiger partial charge in [-0.05, 0) is 12.5 Å². The summed E-state index contributed by atoms with van der Waals surface area (Å²) in [4.78, 5) is 4.16. The van der Waals surface area contributed by atoms with Gasteiger partial charge in [0.1, 0.15) is 0 Å². The summed E-state index contributed by atoms with van der Waals surface area (Å²) in [5, 5.41) is 13.4. The van der Waals surface area contributed by atoms with Crippen LogP contribution in [0, 0.1) is 0 Å². The van der Waals surface area contributed by atoms with Gasteiger partial charge in [0.2, 0.25) is 0 Å². The molecule has 4 heteroatoms. The maximum Gasteiger partial charge on any atom is 0.160 e. The molecule has 0 saturated carbocycles. The van der Waals surface area contributed by atoms with E-state index < -0.39 is 0 Å². The van der Waals surface area contributed by atoms with Gasteiger partial charge in [0.15, 0.2) is 5.65 Å². The van der Waals surface area contributed by atoms with Crippen molar-refractivity contribution in [1.29, 1.82) is 0 Å². The summed E-state index contributed by atoms with van der Waals surface area (Å²) in [6.45, 7) is 2.02. The second-order valence-corrected chi connectivity index (χ2v) is 2.82. The van der Waals surface area contributed by atoms with Crippen molar-refractivity contribution >= 4 is 5.65 Å². The van der Waals surface area contributed by atoms with Crippen LogP contribution in [0.15, 0.2) is 18.5 Å². The van der Waals surface area contributed by atoms with Crippen LogP contribution in [0.4, 0.5) is 0 Å². The number of fused-ring (bicyclic) bond motifs is 1. The highest BCUT2D eigenvalue weighted by Gasteiger charge is 2.09. The molecule has 0 unspecified atom stereocenters. The van der Waals surface area contributed by atoms with Crippen molar-refractivity contribution in [2.75, 3.05) is 0 Å². The Kier molecular flexibility index (Phi) is 1.98. The predicted octanol–water partition coefficient (Wildman–Crippen LogP) is 0.784. The monoisotopic (exact) mass is 177 g/mol. The van der Waals surface area contributed by atoms with Crippen LogP contribution < -0.4 is 0 Å². The third kappa shape index (κ3) is 1.19. The van der Waals surface area contributed by atoms with E-state index in [1.165, 1.54) is 0 Å². The number of hydrogen-bond donors (Lipinski definition) is 1. The Morgan fingerprint density at radius 3 is 3.08 bits per heavy atom. The zero-order valence-corrected chi connectivity index (χ0v) is 7.44. The van der Waals surface area contributed by atoms with Gasteiger partial charge in [-0.2, -0.15) is 5.10 Å². The SMILES string of the molecule is CCc1nn2cccnc2c1CO. The summed E-state index contributed by atoms with van der Waals surface area (Å²) in [6, 6.07) is 1.82. The Bertz CT molecular complexity index is 422. The smallest absolute Gasteiger partial charge is 0.160 e. The average molecular weight is 177 g/mol. The standard InChI is InChI=1S/C9H11N3O/c1-2-8-7(6-13)9-10-4-3-5-12(9)11-8/h3-5,13H,2,6H2,1H3. The number of rotatable bonds is 2. The topological polar surface area (TPSA) is 50.4 Å². The van der Waals surface area contributed by atoms with E-state index in [9.17, 15) is 0 Å². The minimum Gasteiger partial charge on any atom is -0.391 e. The number of aryl methyl sites for hydroxylation is 1. The van der Waals surface area contributed by atoms with E-state index in [1.807, 2.05) is 19.2 Å². The fourth-order valence-corrected chi connectivity index (χ4v) is 1.43. The molecule has 2 aromatic rings. The molecule has 0 atom stereocenters. The lowest BCUT2D eigenvalue weighted by Crippen LogP contribution is -1.89. The summed E-state index contributed by atoms with van der Waals surface area (Å²) in [7, 11) is 0. The van der Waals surface area contributed by atoms with Gasteiger partial charge in [-0.3, -0.25) is 0 Å². The van der Waals surface area contributed by atoms with E-state index in [0.29, 0.717) is 0 Å². The maximum atomic E-state index is 9.14. The highest BCUT2D eigenvalue weighted by Crippen LogP contribution is 2.13. The molecule has 0 spiro atoms. The fourth-order valence-electron chi connectivity index (χ4n) is 1.43. The van der Waals surface area contributed by atoms with Crippen molar-refractivity contribution in [3.05, 3.63) is 29.7 Å². The van der Waals surface area contributed by atoms with E-state index in [2.05, 4.69) is 10.1 Å². The van der Waals surface area contributed by atoms with E-state index in [0.717, 1.165) is 23.3 Å². The Hall–Kier alpha value is -1.42. The Balaban J connectivity index is 2.73. The van der Waals surface area contributed by atoms with Gasteiger partial charge >= 0.3 is 0 Å². The first-order valence-corrected chi connectivity index (χ1v) is 4.28. The van der Waals surface area contributed by atoms with Gasteiger partial charge in [0.25, 0.3) is 0 Å². The quantitative estimate of drug-likeness (QED) is 0.737. The summed E-state index contributed by atoms with van der Waals surface area (Å²) in [5.74, 6) is 0. The molecule has 0 amide bonds. The lowest BCUT2D eigenvalue weighted by molar-refractivity contribution is 0.282. The molecule has 0 aliphatic rings. The highest BCUT2D eigenvalue weighted by molar-refractivity contribution is 5.49. The Morgan fingerprint density at radius 2 is 2.38 bits per heavy atom. The second-order valence-electron chi connectivity index (χ2n) is 2.82. The summed E-state index contributed by atoms with van der Waals surface area (Å²) >= 11 is 0. The normalized spacial score (nSPS) is 10.9. The molecule has 13 heavy (non-hydrogen) atoms. The largest absolute Gasteiger partial charge is 0.391 e. The van der Waals surface area contributed by atoms with E-state index >= 15 is 0 Å². The molecular formula is C9H11N3O. The number of aliphatic hydroxyl groups excluding tert-OH is 1. The summed E-state index contributed by atoms with van der Waals surface area (Å²) in [5.41, 5.74) is 2.51. The van der Waals surface area contributed by atoms with E-state index in [4.69, 9.17) is 5.11 Å². The van der Waals surface area contributed by atoms with Gasteiger partial charge in [-0.1, -0.05) is 6.92 Å². The molecule has 4 nitrogen and oxygen atoms in total. The van der Waals surface area contributed by atoms with Gasteiger partial charge in [-0.25, -0.2) is 9.50 Å². The third-order valence-corrected chi connectivity index (χ3v) is 2.07. The predicted molar refractivity (Wildman–Crippen MR) is 48.3 cm³/mol. The average Bonchev–Trinajstić information content (AvgIpc) is 2.55. The first-order valence-electron chi connectivity index (χ1n) is 4.28. The lowest BCUT2D eigenvalue weighted by atomic mass is 10.2. The van der Waals surface area contributed by atoms with Crippen LogP contribution in [0.5, 0.6) is 0 Å². The van der Waals surface area contributed by atoms with Crippen molar-refractivity contribution in [1.82, 2.24) is 14.6 Å². The number of aromatic nitrogens is 3. The molecule has 0 aliphatic carbocycles. The van der Waals surface area contributed by atoms with E-state index in [-0.39, 0.29) is 6.61 Å². The molecule has 0 radical (unpaired) electrons. The van der Waals surface area contributed by atoms with Crippen molar-refractivity contribution in [3.8, 4) is 0 Å². The van der Waals surface area contributed by atoms with Gasteiger partial charge in [0, 0.05) is 18.0 Å². The summed E-state index contributed by atoms with van der Waals surface area (Å²) < 4.78 is 1.70. The molecule has 0 fully saturated rings. The highest BCUT2D eigenvalue weighted by atomic mass is 16.3. The molecule has 2 heterocycles. The molecule has 1 N–H and O–H groups in total. The number of aliphatic hydroxyl groups is 1. The van der Waals surface area contributed by atoms with Crippen molar-refractivity contribution < 1.29 is 5.11 Å². The van der Waals surface area contributed by atoms with Gasteiger partial charge in [-0.15, -0.1) is 0 Å². The van der Waals surface area contributed by atoms with Crippen LogP contribution in [-0.2, 0) is 13.0 Å². The van der Waals surface area contributed by atoms with Crippen LogP contribution in [0.2, 0.25) is 0 Å². The van der Waals surface area contributed by atoms with Crippen LogP contribution in [0.3, 0.4) is 0 Å². The van der Waals surface area contributed by atoms with Crippen LogP contribution >= 0.6 is 0 Å². The zero-order chi connectivity index (χ0) is 9.26. The molecule has 0 bridgehead atoms. The van der Waals surface area contributed by atoms with Crippen LogP contribution in [0.25, 0.3) is 5.65 Å². The number of nitrogens with zero attached hydrogens (tertiary/aromatic N) is 3. The lowest BCUT2D eigenvalue weighted by Gasteiger charge is -1.93. The molecule has 2 aromatic heterocycles. The second kappa shape index (κ2) is 3.14. The first kappa shape index (κ1) is 8.19. The number of hydrogen-bond acceptors (Lipinski definition) is 3. The molecule has 0 saturated heterocycles. The molecule has 68 valence electrons. The fraction of sp³-hybridized carbons (Fsp3) is 0.333. The zero-order valence-electron chi connectivity index (χ0n) is 7.44. The summed E-state index contributed by atoms with van der Waals surface area (Å²) in [6.07, 6.45) is 4.36. The minimum atomic E-state index is 0.00366. The van der Waals surface area contributed by atoms with E-state index in [1.54, 1.807) is 10.7 Å². The molecule has 2 rings (SSSR count). The van der Waals surface area contributed by atoms with Gasteiger partial charge < -0.3 is 5.11 Å². The van der Waals surface area contributed by atoms with Crippen molar-refractivity contribution in [3.63, 3.8) is 0 Å². The first-order chi connectivity index (χ1) is 6.36. The maximum absolute atomic E-state index is 9.14. The van der Waals surface area contributed by atoms with Crippen molar-refractivity contribution in [2.24, 2.45) is 0 Å². The van der Waals surface area contributed by atoms with Crippen molar-refractivity contribution in [2.45, 2.75) is 20.0 Å². The molecular weight excluding hydrogens is 166 g/mol. The van der Waals surface area contributed by atoms with Crippen LogP contribution in [0.1, 0.15) is 18.2 Å². The Labute approximate surface area is 75.8 Å². The molecule has 0 aromatic carbocycles. The molecule has 0 aliphatic heterocycles. The van der Waals surface area contributed by atoms with Gasteiger partial charge in [0.05, 0.1) is 12.3 Å².